The fraction of sp³-hybridized carbons (Fsp3) is 0.333. The highest BCUT2D eigenvalue weighted by Gasteiger charge is 2.28. The van der Waals surface area contributed by atoms with E-state index < -0.39 is 0 Å². The number of allylic oxidation sites excluding steroid dienone is 6. The Bertz CT molecular complexity index is 1290. The van der Waals surface area contributed by atoms with Gasteiger partial charge < -0.3 is 14.6 Å². The number of hydrogen-bond acceptors (Lipinski definition) is 4. The summed E-state index contributed by atoms with van der Waals surface area (Å²) in [7, 11) is 0. The molecule has 4 aliphatic rings. The van der Waals surface area contributed by atoms with Gasteiger partial charge in [-0.2, -0.15) is 0 Å². The molecule has 1 N–H and O–H groups in total. The first-order valence-corrected chi connectivity index (χ1v) is 11.9. The Morgan fingerprint density at radius 1 is 1.12 bits per heavy atom. The van der Waals surface area contributed by atoms with E-state index in [9.17, 15) is 4.79 Å². The van der Waals surface area contributed by atoms with E-state index in [-0.39, 0.29) is 5.91 Å². The van der Waals surface area contributed by atoms with Crippen LogP contribution in [0.5, 0.6) is 0 Å². The van der Waals surface area contributed by atoms with Gasteiger partial charge in [0.15, 0.2) is 0 Å². The molecule has 0 aromatic carbocycles. The predicted molar refractivity (Wildman–Crippen MR) is 130 cm³/mol. The van der Waals surface area contributed by atoms with Crippen molar-refractivity contribution < 1.29 is 4.79 Å². The first-order chi connectivity index (χ1) is 16.0. The normalized spacial score (nSPS) is 27.3. The summed E-state index contributed by atoms with van der Waals surface area (Å²) in [5.74, 6) is 0.550. The summed E-state index contributed by atoms with van der Waals surface area (Å²) in [5, 5.41) is 3.48. The molecule has 1 aliphatic carbocycles. The van der Waals surface area contributed by atoms with Gasteiger partial charge in [-0.25, -0.2) is 4.98 Å². The number of fused-ring (bicyclic) bond motifs is 2. The van der Waals surface area contributed by atoms with E-state index >= 15 is 0 Å². The monoisotopic (exact) mass is 439 g/mol. The lowest BCUT2D eigenvalue weighted by molar-refractivity contribution is -0.122. The molecule has 2 aromatic heterocycles. The van der Waals surface area contributed by atoms with Crippen molar-refractivity contribution in [2.75, 3.05) is 19.6 Å². The molecule has 0 unspecified atom stereocenters. The fourth-order valence-electron chi connectivity index (χ4n) is 4.96. The lowest BCUT2D eigenvalue weighted by Gasteiger charge is -2.36. The Morgan fingerprint density at radius 3 is 2.79 bits per heavy atom. The Morgan fingerprint density at radius 2 is 1.97 bits per heavy atom. The second-order valence-corrected chi connectivity index (χ2v) is 9.52. The number of aromatic nitrogens is 2. The molecule has 0 spiro atoms. The number of piperazine rings is 1. The van der Waals surface area contributed by atoms with Crippen LogP contribution < -0.4 is 5.32 Å². The van der Waals surface area contributed by atoms with Crippen LogP contribution in [0.2, 0.25) is 0 Å². The van der Waals surface area contributed by atoms with E-state index in [1.165, 1.54) is 18.4 Å². The summed E-state index contributed by atoms with van der Waals surface area (Å²) in [6.45, 7) is 7.06. The number of nitrogens with zero attached hydrogens (tertiary/aromatic N) is 4. The van der Waals surface area contributed by atoms with Crippen LogP contribution in [0.4, 0.5) is 0 Å². The molecule has 33 heavy (non-hydrogen) atoms. The van der Waals surface area contributed by atoms with Gasteiger partial charge in [-0.05, 0) is 73.6 Å². The first kappa shape index (κ1) is 20.2. The molecule has 2 fully saturated rings. The molecule has 168 valence electrons. The molecule has 1 amide bonds. The van der Waals surface area contributed by atoms with E-state index in [1.807, 2.05) is 37.4 Å². The number of imidazole rings is 1. The number of amides is 1. The third-order valence-corrected chi connectivity index (χ3v) is 6.81. The quantitative estimate of drug-likeness (QED) is 0.788. The van der Waals surface area contributed by atoms with E-state index in [1.54, 1.807) is 11.0 Å². The van der Waals surface area contributed by atoms with Crippen molar-refractivity contribution in [2.45, 2.75) is 38.6 Å². The lowest BCUT2D eigenvalue weighted by Crippen LogP contribution is -2.48. The maximum atomic E-state index is 13.4. The first-order valence-electron chi connectivity index (χ1n) is 11.9. The minimum atomic E-state index is -0.0273. The predicted octanol–water partition coefficient (Wildman–Crippen LogP) is 3.89. The molecule has 6 heteroatoms. The van der Waals surface area contributed by atoms with Crippen molar-refractivity contribution in [1.29, 1.82) is 0 Å². The van der Waals surface area contributed by atoms with Crippen molar-refractivity contribution in [2.24, 2.45) is 0 Å². The zero-order valence-electron chi connectivity index (χ0n) is 19.2. The summed E-state index contributed by atoms with van der Waals surface area (Å²) in [6, 6.07) is 2.67. The minimum Gasteiger partial charge on any atom is -0.368 e. The molecule has 1 saturated heterocycles. The maximum Gasteiger partial charge on any atom is 0.255 e. The zero-order valence-corrected chi connectivity index (χ0v) is 19.2. The van der Waals surface area contributed by atoms with Gasteiger partial charge in [0.2, 0.25) is 0 Å². The van der Waals surface area contributed by atoms with Gasteiger partial charge in [0, 0.05) is 56.0 Å². The minimum absolute atomic E-state index is 0.0273. The summed E-state index contributed by atoms with van der Waals surface area (Å²) in [4.78, 5) is 22.3. The van der Waals surface area contributed by atoms with Gasteiger partial charge in [0.1, 0.15) is 5.65 Å². The Labute approximate surface area is 194 Å². The average Bonchev–Trinajstić information content (AvgIpc) is 3.57. The topological polar surface area (TPSA) is 52.9 Å². The lowest BCUT2D eigenvalue weighted by atomic mass is 10.0. The number of nitrogens with one attached hydrogen (secondary N) is 1. The van der Waals surface area contributed by atoms with Crippen LogP contribution in [0.25, 0.3) is 11.2 Å². The Kier molecular flexibility index (Phi) is 4.84. The number of rotatable bonds is 3. The summed E-state index contributed by atoms with van der Waals surface area (Å²) >= 11 is 0. The highest BCUT2D eigenvalue weighted by Crippen LogP contribution is 2.42. The van der Waals surface area contributed by atoms with Gasteiger partial charge in [0.05, 0.1) is 11.4 Å². The molecule has 1 atom stereocenters. The zero-order chi connectivity index (χ0) is 22.5. The third-order valence-electron chi connectivity index (χ3n) is 6.81. The van der Waals surface area contributed by atoms with Crippen LogP contribution in [0.3, 0.4) is 0 Å². The Hall–Kier alpha value is -3.38. The van der Waals surface area contributed by atoms with Crippen LogP contribution in [-0.2, 0) is 4.79 Å². The number of pyridine rings is 1. The highest BCUT2D eigenvalue weighted by atomic mass is 16.2. The van der Waals surface area contributed by atoms with Crippen LogP contribution in [0.1, 0.15) is 42.5 Å². The summed E-state index contributed by atoms with van der Waals surface area (Å²) < 4.78 is 2.12. The average molecular weight is 440 g/mol. The number of hydrogen-bond donors (Lipinski definition) is 1. The number of carbonyl (C=O) groups excluding carboxylic acids is 1. The molecule has 1 saturated carbocycles. The van der Waals surface area contributed by atoms with Gasteiger partial charge in [-0.15, -0.1) is 0 Å². The maximum absolute atomic E-state index is 13.4. The van der Waals surface area contributed by atoms with Gasteiger partial charge in [-0.3, -0.25) is 9.69 Å². The van der Waals surface area contributed by atoms with Crippen molar-refractivity contribution in [3.63, 3.8) is 0 Å². The van der Waals surface area contributed by atoms with E-state index in [0.717, 1.165) is 53.5 Å². The molecule has 2 aromatic rings. The SMILES string of the molecule is Cc1cn2cc(C3=C\C(=O)N4C=C(N5CCN[C@@H](C)C5)C=C\C4=C/C=C/3)cc(C3CC3)c2n1. The number of carbonyl (C=O) groups is 1. The van der Waals surface area contributed by atoms with Crippen molar-refractivity contribution >= 4 is 17.1 Å². The standard InChI is InChI=1S/C27H29N5O/c1-18-14-30(11-10-28-18)24-9-8-23-5-3-4-21(13-26(33)32(23)17-24)22-12-25(20-6-7-20)27-29-19(2)15-31(27)16-22/h3-5,8-9,12-13,15-18,20,28H,6-7,10-11,14H2,1-2H3/b4-3+,21-13+,23-5+/t18-/m0/s1. The van der Waals surface area contributed by atoms with E-state index in [0.29, 0.717) is 12.0 Å². The van der Waals surface area contributed by atoms with E-state index in [4.69, 9.17) is 4.98 Å². The molecule has 5 heterocycles. The van der Waals surface area contributed by atoms with Gasteiger partial charge >= 0.3 is 0 Å². The second kappa shape index (κ2) is 7.89. The van der Waals surface area contributed by atoms with Crippen molar-refractivity contribution in [1.82, 2.24) is 24.5 Å². The molecular weight excluding hydrogens is 410 g/mol. The molecule has 0 bridgehead atoms. The largest absolute Gasteiger partial charge is 0.368 e. The molecule has 6 nitrogen and oxygen atoms in total. The number of aryl methyl sites for hydroxylation is 1. The van der Waals surface area contributed by atoms with Crippen LogP contribution in [-0.4, -0.2) is 50.8 Å². The van der Waals surface area contributed by atoms with Crippen molar-refractivity contribution in [3.05, 3.63) is 89.3 Å². The second-order valence-electron chi connectivity index (χ2n) is 9.52. The fourth-order valence-corrected chi connectivity index (χ4v) is 4.96. The van der Waals surface area contributed by atoms with Gasteiger partial charge in [0.25, 0.3) is 5.91 Å². The van der Waals surface area contributed by atoms with Crippen LogP contribution >= 0.6 is 0 Å². The molecule has 6 rings (SSSR count). The highest BCUT2D eigenvalue weighted by molar-refractivity contribution is 6.00. The third kappa shape index (κ3) is 3.85. The molecular formula is C27H29N5O. The molecule has 0 radical (unpaired) electrons. The Balaban J connectivity index is 1.36. The van der Waals surface area contributed by atoms with Gasteiger partial charge in [-0.1, -0.05) is 12.2 Å². The van der Waals surface area contributed by atoms with Crippen LogP contribution in [0.15, 0.2) is 72.5 Å². The summed E-state index contributed by atoms with van der Waals surface area (Å²) in [5.41, 5.74) is 7.29. The van der Waals surface area contributed by atoms with Crippen LogP contribution in [0, 0.1) is 6.92 Å². The molecule has 3 aliphatic heterocycles. The smallest absolute Gasteiger partial charge is 0.255 e. The summed E-state index contributed by atoms with van der Waals surface area (Å²) in [6.07, 6.45) is 20.6. The van der Waals surface area contributed by atoms with E-state index in [2.05, 4.69) is 46.1 Å². The van der Waals surface area contributed by atoms with Crippen molar-refractivity contribution in [3.8, 4) is 0 Å².